The maximum absolute atomic E-state index is 11.3. The van der Waals surface area contributed by atoms with E-state index < -0.39 is 10.8 Å². The average molecular weight is 274 g/mol. The van der Waals surface area contributed by atoms with Gasteiger partial charge < -0.3 is 5.32 Å². The van der Waals surface area contributed by atoms with Crippen LogP contribution >= 0.6 is 11.8 Å². The molecule has 2 aliphatic rings. The molecule has 2 heterocycles. The van der Waals surface area contributed by atoms with Crippen LogP contribution in [0.25, 0.3) is 0 Å². The van der Waals surface area contributed by atoms with Crippen molar-refractivity contribution in [3.63, 3.8) is 0 Å². The molecule has 0 aliphatic carbocycles. The molecule has 0 saturated carbocycles. The Morgan fingerprint density at radius 1 is 1.41 bits per heavy atom. The topological polar surface area (TPSA) is 41.5 Å². The molecule has 0 radical (unpaired) electrons. The minimum atomic E-state index is -0.579. The zero-order valence-electron chi connectivity index (χ0n) is 10.7. The third-order valence-electron chi connectivity index (χ3n) is 3.87. The molecule has 98 valence electrons. The van der Waals surface area contributed by atoms with Gasteiger partial charge in [-0.15, -0.1) is 0 Å². The van der Waals surface area contributed by atoms with Gasteiger partial charge in [-0.05, 0) is 25.7 Å². The van der Waals surface area contributed by atoms with Crippen LogP contribution in [0, 0.1) is 0 Å². The second-order valence-electron chi connectivity index (χ2n) is 4.91. The molecule has 0 aromatic carbocycles. The second kappa shape index (κ2) is 5.74. The summed E-state index contributed by atoms with van der Waals surface area (Å²) in [6.45, 7) is 4.48. The quantitative estimate of drug-likeness (QED) is 0.857. The van der Waals surface area contributed by atoms with Gasteiger partial charge in [-0.1, -0.05) is 25.6 Å². The molecular formula is C12H22N2OS2. The molecule has 2 fully saturated rings. The van der Waals surface area contributed by atoms with Crippen LogP contribution in [-0.2, 0) is 10.8 Å². The Morgan fingerprint density at radius 2 is 2.06 bits per heavy atom. The van der Waals surface area contributed by atoms with E-state index in [0.717, 1.165) is 48.1 Å². The standard InChI is InChI=1S/C12H22N2OS2/c1-3-12(4-2)9-16-11(14-12)13-10-5-7-17(15)8-6-10/h10H,3-9H2,1-2H3,(H,13,14). The molecule has 0 unspecified atom stereocenters. The third-order valence-corrected chi connectivity index (χ3v) is 6.43. The molecule has 2 rings (SSSR count). The number of hydrogen-bond donors (Lipinski definition) is 1. The van der Waals surface area contributed by atoms with E-state index in [1.807, 2.05) is 11.8 Å². The summed E-state index contributed by atoms with van der Waals surface area (Å²) in [7, 11) is -0.579. The van der Waals surface area contributed by atoms with Crippen molar-refractivity contribution in [3.05, 3.63) is 0 Å². The number of nitrogens with one attached hydrogen (secondary N) is 1. The lowest BCUT2D eigenvalue weighted by Gasteiger charge is -2.25. The van der Waals surface area contributed by atoms with E-state index in [1.54, 1.807) is 0 Å². The van der Waals surface area contributed by atoms with Gasteiger partial charge in [0.05, 0.1) is 6.04 Å². The summed E-state index contributed by atoms with van der Waals surface area (Å²) >= 11 is 1.86. The Bertz CT molecular complexity index is 316. The molecule has 0 aromatic heterocycles. The summed E-state index contributed by atoms with van der Waals surface area (Å²) in [6, 6.07) is 0.396. The molecule has 1 N–H and O–H groups in total. The van der Waals surface area contributed by atoms with Crippen molar-refractivity contribution < 1.29 is 4.21 Å². The Labute approximate surface area is 111 Å². The van der Waals surface area contributed by atoms with Gasteiger partial charge >= 0.3 is 0 Å². The Kier molecular flexibility index (Phi) is 4.53. The first-order valence-electron chi connectivity index (χ1n) is 6.51. The van der Waals surface area contributed by atoms with Gasteiger partial charge in [-0.25, -0.2) is 0 Å². The van der Waals surface area contributed by atoms with Crippen LogP contribution in [0.15, 0.2) is 4.99 Å². The highest BCUT2D eigenvalue weighted by molar-refractivity contribution is 8.14. The van der Waals surface area contributed by atoms with Crippen LogP contribution in [0.3, 0.4) is 0 Å². The van der Waals surface area contributed by atoms with Crippen molar-refractivity contribution in [2.24, 2.45) is 4.99 Å². The highest BCUT2D eigenvalue weighted by atomic mass is 32.2. The fourth-order valence-electron chi connectivity index (χ4n) is 2.28. The molecule has 2 saturated heterocycles. The summed E-state index contributed by atoms with van der Waals surface area (Å²) in [4.78, 5) is 4.79. The second-order valence-corrected chi connectivity index (χ2v) is 7.57. The normalized spacial score (nSPS) is 34.8. The van der Waals surface area contributed by atoms with Gasteiger partial charge in [0, 0.05) is 33.6 Å². The fraction of sp³-hybridized carbons (Fsp3) is 0.917. The number of aliphatic imine (C=N–C) groups is 1. The summed E-state index contributed by atoms with van der Waals surface area (Å²) < 4.78 is 11.3. The van der Waals surface area contributed by atoms with E-state index in [0.29, 0.717) is 6.04 Å². The number of rotatable bonds is 3. The maximum Gasteiger partial charge on any atom is 0.157 e. The number of amidine groups is 1. The minimum absolute atomic E-state index is 0.265. The molecule has 3 nitrogen and oxygen atoms in total. The number of hydrogen-bond acceptors (Lipinski definition) is 3. The molecule has 5 heteroatoms. The van der Waals surface area contributed by atoms with Crippen LogP contribution in [0.4, 0.5) is 0 Å². The minimum Gasteiger partial charge on any atom is -0.359 e. The zero-order valence-corrected chi connectivity index (χ0v) is 12.3. The molecule has 0 atom stereocenters. The van der Waals surface area contributed by atoms with Crippen molar-refractivity contribution in [2.75, 3.05) is 17.3 Å². The Hall–Kier alpha value is -0.0300. The predicted molar refractivity (Wildman–Crippen MR) is 77.2 cm³/mol. The van der Waals surface area contributed by atoms with Crippen LogP contribution in [0.5, 0.6) is 0 Å². The van der Waals surface area contributed by atoms with Crippen molar-refractivity contribution in [2.45, 2.75) is 51.1 Å². The maximum atomic E-state index is 11.3. The summed E-state index contributed by atoms with van der Waals surface area (Å²) in [6.07, 6.45) is 4.29. The smallest absolute Gasteiger partial charge is 0.157 e. The molecule has 0 spiro atoms. The molecule has 0 amide bonds. The van der Waals surface area contributed by atoms with E-state index in [4.69, 9.17) is 4.99 Å². The van der Waals surface area contributed by atoms with E-state index in [9.17, 15) is 4.21 Å². The van der Waals surface area contributed by atoms with Crippen molar-refractivity contribution >= 4 is 27.7 Å². The monoisotopic (exact) mass is 274 g/mol. The Balaban J connectivity index is 1.93. The first kappa shape index (κ1) is 13.4. The van der Waals surface area contributed by atoms with Crippen LogP contribution < -0.4 is 5.32 Å². The summed E-state index contributed by atoms with van der Waals surface area (Å²) in [5.41, 5.74) is 0.265. The summed E-state index contributed by atoms with van der Waals surface area (Å²) in [5, 5.41) is 4.72. The number of thioether (sulfide) groups is 1. The first-order valence-corrected chi connectivity index (χ1v) is 8.98. The summed E-state index contributed by atoms with van der Waals surface area (Å²) in [5.74, 6) is 2.80. The molecule has 17 heavy (non-hydrogen) atoms. The van der Waals surface area contributed by atoms with Gasteiger partial charge in [0.25, 0.3) is 0 Å². The lowest BCUT2D eigenvalue weighted by molar-refractivity contribution is 0.407. The first-order chi connectivity index (χ1) is 8.17. The van der Waals surface area contributed by atoms with Gasteiger partial charge in [0.1, 0.15) is 0 Å². The van der Waals surface area contributed by atoms with Gasteiger partial charge in [0.2, 0.25) is 0 Å². The van der Waals surface area contributed by atoms with Gasteiger partial charge in [-0.2, -0.15) is 0 Å². The third kappa shape index (κ3) is 3.25. The lowest BCUT2D eigenvalue weighted by atomic mass is 9.96. The van der Waals surface area contributed by atoms with E-state index in [2.05, 4.69) is 19.2 Å². The van der Waals surface area contributed by atoms with Crippen molar-refractivity contribution in [1.29, 1.82) is 0 Å². The van der Waals surface area contributed by atoms with Crippen LogP contribution in [0.1, 0.15) is 39.5 Å². The van der Waals surface area contributed by atoms with Gasteiger partial charge in [-0.3, -0.25) is 9.20 Å². The highest BCUT2D eigenvalue weighted by Gasteiger charge is 2.34. The molecular weight excluding hydrogens is 252 g/mol. The van der Waals surface area contributed by atoms with E-state index in [-0.39, 0.29) is 5.54 Å². The molecule has 0 bridgehead atoms. The molecule has 0 aromatic rings. The van der Waals surface area contributed by atoms with E-state index >= 15 is 0 Å². The van der Waals surface area contributed by atoms with Gasteiger partial charge in [0.15, 0.2) is 5.17 Å². The Morgan fingerprint density at radius 3 is 2.59 bits per heavy atom. The largest absolute Gasteiger partial charge is 0.359 e. The van der Waals surface area contributed by atoms with Crippen molar-refractivity contribution in [1.82, 2.24) is 5.32 Å². The SMILES string of the molecule is CCC1(CC)CSC(=NC2CCS(=O)CC2)N1. The van der Waals surface area contributed by atoms with Crippen LogP contribution in [0.2, 0.25) is 0 Å². The predicted octanol–water partition coefficient (Wildman–Crippen LogP) is 2.15. The lowest BCUT2D eigenvalue weighted by Crippen LogP contribution is -2.42. The van der Waals surface area contributed by atoms with Crippen LogP contribution in [-0.4, -0.2) is 38.2 Å². The average Bonchev–Trinajstić information content (AvgIpc) is 2.76. The zero-order chi connectivity index (χ0) is 12.3. The number of nitrogens with zero attached hydrogens (tertiary/aromatic N) is 1. The fourth-order valence-corrected chi connectivity index (χ4v) is 4.96. The van der Waals surface area contributed by atoms with E-state index in [1.165, 1.54) is 0 Å². The molecule has 2 aliphatic heterocycles. The van der Waals surface area contributed by atoms with Crippen molar-refractivity contribution in [3.8, 4) is 0 Å². The highest BCUT2D eigenvalue weighted by Crippen LogP contribution is 2.29.